The van der Waals surface area contributed by atoms with Crippen molar-refractivity contribution < 1.29 is 9.53 Å². The van der Waals surface area contributed by atoms with E-state index in [1.807, 2.05) is 0 Å². The van der Waals surface area contributed by atoms with Gasteiger partial charge >= 0.3 is 6.09 Å². The second-order valence-corrected chi connectivity index (χ2v) is 2.02. The van der Waals surface area contributed by atoms with E-state index in [1.54, 1.807) is 0 Å². The molecule has 9 heavy (non-hydrogen) atoms. The Hall–Kier alpha value is -0.770. The highest BCUT2D eigenvalue weighted by molar-refractivity contribution is 5.64. The highest BCUT2D eigenvalue weighted by Gasteiger charge is 2.15. The van der Waals surface area contributed by atoms with Crippen LogP contribution in [0.4, 0.5) is 4.79 Å². The second-order valence-electron chi connectivity index (χ2n) is 2.02. The van der Waals surface area contributed by atoms with Gasteiger partial charge in [0.05, 0.1) is 0 Å². The molecule has 1 heterocycles. The van der Waals surface area contributed by atoms with E-state index in [-0.39, 0.29) is 6.23 Å². The van der Waals surface area contributed by atoms with Crippen molar-refractivity contribution in [1.29, 1.82) is 0 Å². The molecule has 0 aromatic carbocycles. The largest absolute Gasteiger partial charge is 0.431 e. The first-order chi connectivity index (χ1) is 4.29. The molecular formula is C5H10N2O2. The van der Waals surface area contributed by atoms with E-state index in [0.717, 1.165) is 19.4 Å². The van der Waals surface area contributed by atoms with Gasteiger partial charge in [-0.25, -0.2) is 4.79 Å². The Balaban J connectivity index is 2.19. The van der Waals surface area contributed by atoms with Crippen LogP contribution in [0.3, 0.4) is 0 Å². The lowest BCUT2D eigenvalue weighted by molar-refractivity contribution is 0.0982. The lowest BCUT2D eigenvalue weighted by Gasteiger charge is -2.07. The third-order valence-electron chi connectivity index (χ3n) is 1.27. The molecule has 1 atom stereocenters. The summed E-state index contributed by atoms with van der Waals surface area (Å²) in [4.78, 5) is 10.1. The van der Waals surface area contributed by atoms with Crippen LogP contribution in [-0.2, 0) is 4.74 Å². The van der Waals surface area contributed by atoms with Crippen LogP contribution in [0, 0.1) is 0 Å². The summed E-state index contributed by atoms with van der Waals surface area (Å²) in [5.74, 6) is 0. The number of hydrogen-bond donors (Lipinski definition) is 2. The van der Waals surface area contributed by atoms with Crippen LogP contribution in [0.25, 0.3) is 0 Å². The molecule has 1 fully saturated rings. The first-order valence-electron chi connectivity index (χ1n) is 2.98. The SMILES string of the molecule is NC(=O)OC1CCCN1. The minimum Gasteiger partial charge on any atom is -0.431 e. The second kappa shape index (κ2) is 2.68. The third-order valence-corrected chi connectivity index (χ3v) is 1.27. The van der Waals surface area contributed by atoms with E-state index in [1.165, 1.54) is 0 Å². The van der Waals surface area contributed by atoms with Crippen LogP contribution in [0.5, 0.6) is 0 Å². The van der Waals surface area contributed by atoms with Crippen molar-refractivity contribution in [3.8, 4) is 0 Å². The number of hydrogen-bond acceptors (Lipinski definition) is 3. The first-order valence-corrected chi connectivity index (χ1v) is 2.98. The zero-order valence-electron chi connectivity index (χ0n) is 5.09. The highest BCUT2D eigenvalue weighted by Crippen LogP contribution is 2.04. The number of amides is 1. The molecule has 0 spiro atoms. The van der Waals surface area contributed by atoms with Crippen molar-refractivity contribution >= 4 is 6.09 Å². The monoisotopic (exact) mass is 130 g/mol. The Kier molecular flexibility index (Phi) is 1.89. The molecule has 4 nitrogen and oxygen atoms in total. The summed E-state index contributed by atoms with van der Waals surface area (Å²) in [7, 11) is 0. The van der Waals surface area contributed by atoms with Gasteiger partial charge in [0.25, 0.3) is 0 Å². The van der Waals surface area contributed by atoms with Crippen molar-refractivity contribution in [2.75, 3.05) is 6.54 Å². The van der Waals surface area contributed by atoms with E-state index < -0.39 is 6.09 Å². The Morgan fingerprint density at radius 2 is 2.56 bits per heavy atom. The predicted molar refractivity (Wildman–Crippen MR) is 31.7 cm³/mol. The molecule has 0 aromatic heterocycles. The fourth-order valence-corrected chi connectivity index (χ4v) is 0.893. The number of primary amides is 1. The van der Waals surface area contributed by atoms with E-state index in [4.69, 9.17) is 5.73 Å². The van der Waals surface area contributed by atoms with Crippen LogP contribution < -0.4 is 11.1 Å². The van der Waals surface area contributed by atoms with Gasteiger partial charge in [0, 0.05) is 0 Å². The van der Waals surface area contributed by atoms with Crippen molar-refractivity contribution in [2.45, 2.75) is 19.1 Å². The Labute approximate surface area is 53.4 Å². The van der Waals surface area contributed by atoms with Crippen LogP contribution in [0.1, 0.15) is 12.8 Å². The lowest BCUT2D eigenvalue weighted by Crippen LogP contribution is -2.30. The van der Waals surface area contributed by atoms with Crippen molar-refractivity contribution in [3.05, 3.63) is 0 Å². The van der Waals surface area contributed by atoms with Gasteiger partial charge < -0.3 is 10.5 Å². The lowest BCUT2D eigenvalue weighted by atomic mass is 10.4. The molecule has 3 N–H and O–H groups in total. The average Bonchev–Trinajstić information content (AvgIpc) is 2.15. The molecule has 1 rings (SSSR count). The zero-order valence-corrected chi connectivity index (χ0v) is 5.09. The minimum absolute atomic E-state index is 0.137. The quantitative estimate of drug-likeness (QED) is 0.516. The van der Waals surface area contributed by atoms with Gasteiger partial charge in [-0.2, -0.15) is 0 Å². The maximum Gasteiger partial charge on any atom is 0.406 e. The van der Waals surface area contributed by atoms with Crippen LogP contribution >= 0.6 is 0 Å². The molecule has 1 aliphatic heterocycles. The summed E-state index contributed by atoms with van der Waals surface area (Å²) in [6.07, 6.45) is 1.10. The smallest absolute Gasteiger partial charge is 0.406 e. The third kappa shape index (κ3) is 1.89. The van der Waals surface area contributed by atoms with Gasteiger partial charge in [-0.3, -0.25) is 5.32 Å². The average molecular weight is 130 g/mol. The van der Waals surface area contributed by atoms with Crippen molar-refractivity contribution in [1.82, 2.24) is 5.32 Å². The van der Waals surface area contributed by atoms with Gasteiger partial charge in [0.2, 0.25) is 0 Å². The fraction of sp³-hybridized carbons (Fsp3) is 0.800. The number of nitrogens with two attached hydrogens (primary N) is 1. The molecule has 1 unspecified atom stereocenters. The standard InChI is InChI=1S/C5H10N2O2/c6-5(8)9-4-2-1-3-7-4/h4,7H,1-3H2,(H2,6,8). The van der Waals surface area contributed by atoms with Crippen molar-refractivity contribution in [3.63, 3.8) is 0 Å². The van der Waals surface area contributed by atoms with Crippen LogP contribution in [0.2, 0.25) is 0 Å². The molecule has 4 heteroatoms. The van der Waals surface area contributed by atoms with E-state index in [9.17, 15) is 4.79 Å². The first kappa shape index (κ1) is 6.35. The Morgan fingerprint density at radius 3 is 3.00 bits per heavy atom. The summed E-state index contributed by atoms with van der Waals surface area (Å²) in [5.41, 5.74) is 4.77. The molecule has 0 aromatic rings. The maximum absolute atomic E-state index is 10.1. The number of rotatable bonds is 1. The van der Waals surface area contributed by atoms with Gasteiger partial charge in [-0.1, -0.05) is 0 Å². The van der Waals surface area contributed by atoms with Crippen LogP contribution in [-0.4, -0.2) is 18.9 Å². The fourth-order valence-electron chi connectivity index (χ4n) is 0.893. The number of carbonyl (C=O) groups is 1. The Morgan fingerprint density at radius 1 is 1.78 bits per heavy atom. The Bertz CT molecular complexity index is 110. The summed E-state index contributed by atoms with van der Waals surface area (Å²) in [5, 5.41) is 2.96. The summed E-state index contributed by atoms with van der Waals surface area (Å²) in [6, 6.07) is 0. The van der Waals surface area contributed by atoms with Crippen molar-refractivity contribution in [2.24, 2.45) is 5.73 Å². The maximum atomic E-state index is 10.1. The molecule has 0 aliphatic carbocycles. The normalized spacial score (nSPS) is 26.0. The van der Waals surface area contributed by atoms with Gasteiger partial charge in [0.15, 0.2) is 6.23 Å². The molecule has 0 radical (unpaired) electrons. The minimum atomic E-state index is -0.700. The summed E-state index contributed by atoms with van der Waals surface area (Å²) in [6.45, 7) is 0.915. The molecule has 1 amide bonds. The van der Waals surface area contributed by atoms with Gasteiger partial charge in [0.1, 0.15) is 0 Å². The number of ether oxygens (including phenoxy) is 1. The molecule has 1 saturated heterocycles. The number of nitrogens with one attached hydrogen (secondary N) is 1. The molecule has 1 aliphatic rings. The number of carbonyl (C=O) groups excluding carboxylic acids is 1. The van der Waals surface area contributed by atoms with Crippen LogP contribution in [0.15, 0.2) is 0 Å². The van der Waals surface area contributed by atoms with E-state index >= 15 is 0 Å². The summed E-state index contributed by atoms with van der Waals surface area (Å²) < 4.78 is 4.64. The molecular weight excluding hydrogens is 120 g/mol. The molecule has 52 valence electrons. The van der Waals surface area contributed by atoms with E-state index in [2.05, 4.69) is 10.1 Å². The zero-order chi connectivity index (χ0) is 6.69. The molecule has 0 saturated carbocycles. The van der Waals surface area contributed by atoms with Gasteiger partial charge in [-0.15, -0.1) is 0 Å². The molecule has 0 bridgehead atoms. The predicted octanol–water partition coefficient (Wildman–Crippen LogP) is -0.209. The van der Waals surface area contributed by atoms with E-state index in [0.29, 0.717) is 0 Å². The van der Waals surface area contributed by atoms with Gasteiger partial charge in [-0.05, 0) is 19.4 Å². The topological polar surface area (TPSA) is 64.4 Å². The summed E-state index contributed by atoms with van der Waals surface area (Å²) >= 11 is 0. The highest BCUT2D eigenvalue weighted by atomic mass is 16.6.